The van der Waals surface area contributed by atoms with Gasteiger partial charge in [0.05, 0.1) is 0 Å². The number of nitrogens with one attached hydrogen (secondary N) is 2. The fourth-order valence-corrected chi connectivity index (χ4v) is 4.02. The number of piperidine rings is 1. The fourth-order valence-electron chi connectivity index (χ4n) is 3.15. The molecule has 1 atom stereocenters. The van der Waals surface area contributed by atoms with E-state index in [1.165, 1.54) is 35.6 Å². The van der Waals surface area contributed by atoms with Crippen molar-refractivity contribution >= 4 is 29.0 Å². The van der Waals surface area contributed by atoms with Crippen molar-refractivity contribution in [2.75, 3.05) is 25.0 Å². The Bertz CT molecular complexity index is 840. The minimum absolute atomic E-state index is 0.0471. The van der Waals surface area contributed by atoms with E-state index in [1.54, 1.807) is 0 Å². The number of hydrogen-bond acceptors (Lipinski definition) is 5. The zero-order valence-corrected chi connectivity index (χ0v) is 17.5. The first-order chi connectivity index (χ1) is 13.9. The summed E-state index contributed by atoms with van der Waals surface area (Å²) >= 11 is 1.24. The molecule has 2 heterocycles. The largest absolute Gasteiger partial charge is 0.338 e. The van der Waals surface area contributed by atoms with Crippen LogP contribution in [0.25, 0.3) is 0 Å². The zero-order chi connectivity index (χ0) is 20.8. The summed E-state index contributed by atoms with van der Waals surface area (Å²) in [5.41, 5.74) is 0.495. The number of hydrogen-bond donors (Lipinski definition) is 2. The van der Waals surface area contributed by atoms with Gasteiger partial charge in [0, 0.05) is 31.2 Å². The molecule has 2 aromatic rings. The summed E-state index contributed by atoms with van der Waals surface area (Å²) in [7, 11) is 0. The van der Waals surface area contributed by atoms with E-state index in [0.29, 0.717) is 24.7 Å². The molecule has 1 aliphatic rings. The highest BCUT2D eigenvalue weighted by molar-refractivity contribution is 7.13. The Kier molecular flexibility index (Phi) is 7.13. The van der Waals surface area contributed by atoms with Crippen LogP contribution in [0.3, 0.4) is 0 Å². The van der Waals surface area contributed by atoms with Crippen molar-refractivity contribution < 1.29 is 14.0 Å². The van der Waals surface area contributed by atoms with E-state index in [1.807, 2.05) is 4.90 Å². The molecule has 1 saturated heterocycles. The average Bonchev–Trinajstić information content (AvgIpc) is 3.20. The van der Waals surface area contributed by atoms with Gasteiger partial charge in [0.25, 0.3) is 5.91 Å². The second-order valence-electron chi connectivity index (χ2n) is 7.61. The molecule has 0 radical (unpaired) electrons. The Morgan fingerprint density at radius 1 is 1.28 bits per heavy atom. The molecular weight excluding hydrogens is 393 g/mol. The summed E-state index contributed by atoms with van der Waals surface area (Å²) in [6, 6.07) is 5.50. The van der Waals surface area contributed by atoms with Crippen molar-refractivity contribution in [1.29, 1.82) is 0 Å². The number of benzene rings is 1. The summed E-state index contributed by atoms with van der Waals surface area (Å²) in [6.07, 6.45) is 2.74. The van der Waals surface area contributed by atoms with Crippen molar-refractivity contribution in [2.45, 2.75) is 39.0 Å². The zero-order valence-electron chi connectivity index (χ0n) is 16.7. The number of carbonyl (C=O) groups excluding carboxylic acids is 2. The number of likely N-dealkylation sites (tertiary alicyclic amines) is 1. The van der Waals surface area contributed by atoms with E-state index in [-0.39, 0.29) is 28.7 Å². The number of anilines is 1. The van der Waals surface area contributed by atoms with Gasteiger partial charge in [-0.25, -0.2) is 9.18 Å². The van der Waals surface area contributed by atoms with Crippen LogP contribution in [0.4, 0.5) is 14.9 Å². The molecule has 3 amide bonds. The Morgan fingerprint density at radius 2 is 2.03 bits per heavy atom. The smallest absolute Gasteiger partial charge is 0.317 e. The lowest BCUT2D eigenvalue weighted by molar-refractivity contribution is 0.102. The van der Waals surface area contributed by atoms with E-state index in [2.05, 4.69) is 34.7 Å². The van der Waals surface area contributed by atoms with Crippen LogP contribution < -0.4 is 10.6 Å². The standard InChI is InChI=1S/C20H26FN5O2S/c1-13(2)9-10-22-20(28)26-11-3-4-14(12-26)18-24-25-19(29-18)17(27)23-16-7-5-15(21)6-8-16/h5-8,13-14H,3-4,9-12H2,1-2H3,(H,22,28)(H,23,27)/t14-/m0/s1. The van der Waals surface area contributed by atoms with E-state index >= 15 is 0 Å². The van der Waals surface area contributed by atoms with Gasteiger partial charge in [0.1, 0.15) is 10.8 Å². The van der Waals surface area contributed by atoms with Gasteiger partial charge in [-0.1, -0.05) is 25.2 Å². The van der Waals surface area contributed by atoms with E-state index in [9.17, 15) is 14.0 Å². The molecule has 2 N–H and O–H groups in total. The van der Waals surface area contributed by atoms with E-state index in [0.717, 1.165) is 30.8 Å². The van der Waals surface area contributed by atoms with Gasteiger partial charge in [-0.15, -0.1) is 10.2 Å². The van der Waals surface area contributed by atoms with Gasteiger partial charge in [0.2, 0.25) is 5.01 Å². The molecule has 1 aromatic heterocycles. The SMILES string of the molecule is CC(C)CCNC(=O)N1CCC[C@H](c2nnc(C(=O)Nc3ccc(F)cc3)s2)C1. The summed E-state index contributed by atoms with van der Waals surface area (Å²) in [5, 5.41) is 14.9. The number of urea groups is 1. The first-order valence-electron chi connectivity index (χ1n) is 9.85. The van der Waals surface area contributed by atoms with Crippen LogP contribution in [0.15, 0.2) is 24.3 Å². The Balaban J connectivity index is 1.56. The predicted octanol–water partition coefficient (Wildman–Crippen LogP) is 3.86. The van der Waals surface area contributed by atoms with Crippen molar-refractivity contribution in [3.05, 3.63) is 40.1 Å². The van der Waals surface area contributed by atoms with Gasteiger partial charge in [-0.05, 0) is 49.4 Å². The quantitative estimate of drug-likeness (QED) is 0.744. The van der Waals surface area contributed by atoms with Crippen molar-refractivity contribution in [1.82, 2.24) is 20.4 Å². The monoisotopic (exact) mass is 419 g/mol. The molecule has 3 rings (SSSR count). The molecule has 1 aromatic carbocycles. The van der Waals surface area contributed by atoms with Crippen LogP contribution in [0.5, 0.6) is 0 Å². The van der Waals surface area contributed by atoms with Crippen LogP contribution in [-0.4, -0.2) is 46.7 Å². The van der Waals surface area contributed by atoms with Gasteiger partial charge in [-0.3, -0.25) is 4.79 Å². The normalized spacial score (nSPS) is 16.7. The minimum atomic E-state index is -0.376. The van der Waals surface area contributed by atoms with E-state index in [4.69, 9.17) is 0 Å². The van der Waals surface area contributed by atoms with Crippen LogP contribution >= 0.6 is 11.3 Å². The molecule has 1 aliphatic heterocycles. The van der Waals surface area contributed by atoms with Crippen molar-refractivity contribution in [3.8, 4) is 0 Å². The Morgan fingerprint density at radius 3 is 2.76 bits per heavy atom. The average molecular weight is 420 g/mol. The van der Waals surface area contributed by atoms with Crippen LogP contribution in [0, 0.1) is 11.7 Å². The van der Waals surface area contributed by atoms with Gasteiger partial charge in [-0.2, -0.15) is 0 Å². The van der Waals surface area contributed by atoms with Gasteiger partial charge in [0.15, 0.2) is 0 Å². The van der Waals surface area contributed by atoms with Crippen molar-refractivity contribution in [2.24, 2.45) is 5.92 Å². The number of rotatable bonds is 6. The maximum Gasteiger partial charge on any atom is 0.317 e. The molecule has 0 saturated carbocycles. The lowest BCUT2D eigenvalue weighted by atomic mass is 9.99. The lowest BCUT2D eigenvalue weighted by Crippen LogP contribution is -2.45. The Hall–Kier alpha value is -2.55. The number of amides is 3. The maximum atomic E-state index is 13.0. The van der Waals surface area contributed by atoms with Crippen LogP contribution in [0.1, 0.15) is 53.8 Å². The van der Waals surface area contributed by atoms with Gasteiger partial charge < -0.3 is 15.5 Å². The first kappa shape index (κ1) is 21.2. The van der Waals surface area contributed by atoms with Gasteiger partial charge >= 0.3 is 6.03 Å². The molecule has 0 aliphatic carbocycles. The summed E-state index contributed by atoms with van der Waals surface area (Å²) in [5.74, 6) is -0.120. The molecule has 0 spiro atoms. The summed E-state index contributed by atoms with van der Waals surface area (Å²) in [4.78, 5) is 26.6. The second kappa shape index (κ2) is 9.78. The number of aromatic nitrogens is 2. The number of nitrogens with zero attached hydrogens (tertiary/aromatic N) is 3. The summed E-state index contributed by atoms with van der Waals surface area (Å²) < 4.78 is 13.0. The molecule has 156 valence electrons. The lowest BCUT2D eigenvalue weighted by Gasteiger charge is -2.31. The third kappa shape index (κ3) is 5.96. The molecule has 0 bridgehead atoms. The second-order valence-corrected chi connectivity index (χ2v) is 8.62. The van der Waals surface area contributed by atoms with Crippen molar-refractivity contribution in [3.63, 3.8) is 0 Å². The third-order valence-electron chi connectivity index (χ3n) is 4.79. The minimum Gasteiger partial charge on any atom is -0.338 e. The van der Waals surface area contributed by atoms with Crippen LogP contribution in [-0.2, 0) is 0 Å². The summed E-state index contributed by atoms with van der Waals surface area (Å²) in [6.45, 7) is 6.22. The molecule has 7 nitrogen and oxygen atoms in total. The van der Waals surface area contributed by atoms with Crippen LogP contribution in [0.2, 0.25) is 0 Å². The van der Waals surface area contributed by atoms with E-state index < -0.39 is 0 Å². The topological polar surface area (TPSA) is 87.2 Å². The molecule has 9 heteroatoms. The predicted molar refractivity (Wildman–Crippen MR) is 111 cm³/mol. The highest BCUT2D eigenvalue weighted by atomic mass is 32.1. The number of carbonyl (C=O) groups is 2. The highest BCUT2D eigenvalue weighted by Crippen LogP contribution is 2.29. The Labute approximate surface area is 173 Å². The first-order valence-corrected chi connectivity index (χ1v) is 10.7. The fraction of sp³-hybridized carbons (Fsp3) is 0.500. The highest BCUT2D eigenvalue weighted by Gasteiger charge is 2.28. The molecule has 1 fully saturated rings. The number of halogens is 1. The third-order valence-corrected chi connectivity index (χ3v) is 5.88. The maximum absolute atomic E-state index is 13.0. The molecular formula is C20H26FN5O2S. The molecule has 0 unspecified atom stereocenters. The molecule has 29 heavy (non-hydrogen) atoms.